The van der Waals surface area contributed by atoms with Crippen molar-refractivity contribution in [2.24, 2.45) is 0 Å². The molecule has 0 aromatic carbocycles. The molecule has 1 aliphatic heterocycles. The fraction of sp³-hybridized carbons (Fsp3) is 0.444. The van der Waals surface area contributed by atoms with Crippen molar-refractivity contribution in [3.63, 3.8) is 0 Å². The number of ether oxygens (including phenoxy) is 1. The third kappa shape index (κ3) is 4.01. The van der Waals surface area contributed by atoms with Gasteiger partial charge < -0.3 is 19.9 Å². The minimum absolute atomic E-state index is 0.00226. The van der Waals surface area contributed by atoms with Gasteiger partial charge in [-0.15, -0.1) is 0 Å². The zero-order valence-electron chi connectivity index (χ0n) is 15.4. The van der Waals surface area contributed by atoms with Crippen molar-refractivity contribution in [3.8, 4) is 5.88 Å². The van der Waals surface area contributed by atoms with Gasteiger partial charge in [-0.25, -0.2) is 9.97 Å². The number of hydrogen-bond donors (Lipinski definition) is 1. The predicted molar refractivity (Wildman–Crippen MR) is 99.8 cm³/mol. The highest BCUT2D eigenvalue weighted by Crippen LogP contribution is 2.18. The van der Waals surface area contributed by atoms with Crippen molar-refractivity contribution in [3.05, 3.63) is 35.7 Å². The number of methoxy groups -OCH3 is 1. The van der Waals surface area contributed by atoms with Gasteiger partial charge in [0.15, 0.2) is 0 Å². The number of aromatic nitrogens is 3. The van der Waals surface area contributed by atoms with Gasteiger partial charge in [0.2, 0.25) is 11.8 Å². The lowest BCUT2D eigenvalue weighted by molar-refractivity contribution is 0.0746. The largest absolute Gasteiger partial charge is 0.481 e. The highest BCUT2D eigenvalue weighted by molar-refractivity contribution is 5.94. The van der Waals surface area contributed by atoms with Crippen molar-refractivity contribution in [2.45, 2.75) is 13.8 Å². The van der Waals surface area contributed by atoms with Gasteiger partial charge in [0.1, 0.15) is 5.82 Å². The molecule has 138 valence electrons. The van der Waals surface area contributed by atoms with Crippen molar-refractivity contribution in [1.29, 1.82) is 0 Å². The van der Waals surface area contributed by atoms with Crippen LogP contribution in [0.4, 0.5) is 11.8 Å². The SMILES string of the molecule is CCNc1nc(C)cc(N2CCN(C(=O)c3ccnc(OC)c3)CC2)n1. The number of aryl methyl sites for hydroxylation is 1. The summed E-state index contributed by atoms with van der Waals surface area (Å²) in [6.07, 6.45) is 1.59. The molecule has 0 saturated carbocycles. The van der Waals surface area contributed by atoms with Crippen LogP contribution in [0.15, 0.2) is 24.4 Å². The summed E-state index contributed by atoms with van der Waals surface area (Å²) < 4.78 is 5.10. The number of amides is 1. The molecule has 0 spiro atoms. The van der Waals surface area contributed by atoms with Crippen LogP contribution in [-0.4, -0.2) is 65.6 Å². The van der Waals surface area contributed by atoms with E-state index in [9.17, 15) is 4.79 Å². The number of carbonyl (C=O) groups is 1. The van der Waals surface area contributed by atoms with Crippen molar-refractivity contribution in [2.75, 3.05) is 50.1 Å². The van der Waals surface area contributed by atoms with Gasteiger partial charge in [0.25, 0.3) is 5.91 Å². The molecule has 1 aliphatic rings. The smallest absolute Gasteiger partial charge is 0.254 e. The van der Waals surface area contributed by atoms with Crippen LogP contribution in [0.5, 0.6) is 5.88 Å². The molecule has 8 heteroatoms. The van der Waals surface area contributed by atoms with Gasteiger partial charge in [-0.05, 0) is 19.9 Å². The van der Waals surface area contributed by atoms with E-state index >= 15 is 0 Å². The van der Waals surface area contributed by atoms with E-state index in [0.717, 1.165) is 31.1 Å². The highest BCUT2D eigenvalue weighted by atomic mass is 16.5. The van der Waals surface area contributed by atoms with Crippen molar-refractivity contribution < 1.29 is 9.53 Å². The summed E-state index contributed by atoms with van der Waals surface area (Å²) in [5.41, 5.74) is 1.52. The molecule has 0 aliphatic carbocycles. The summed E-state index contributed by atoms with van der Waals surface area (Å²) in [5.74, 6) is 1.98. The zero-order chi connectivity index (χ0) is 18.5. The minimum Gasteiger partial charge on any atom is -0.481 e. The Bertz CT molecular complexity index is 774. The maximum Gasteiger partial charge on any atom is 0.254 e. The van der Waals surface area contributed by atoms with E-state index in [1.54, 1.807) is 25.4 Å². The Hall–Kier alpha value is -2.90. The van der Waals surface area contributed by atoms with Crippen LogP contribution >= 0.6 is 0 Å². The quantitative estimate of drug-likeness (QED) is 0.871. The third-order valence-corrected chi connectivity index (χ3v) is 4.26. The van der Waals surface area contributed by atoms with Crippen LogP contribution < -0.4 is 15.0 Å². The molecule has 0 unspecified atom stereocenters. The lowest BCUT2D eigenvalue weighted by Crippen LogP contribution is -2.49. The van der Waals surface area contributed by atoms with E-state index < -0.39 is 0 Å². The first-order chi connectivity index (χ1) is 12.6. The molecular formula is C18H24N6O2. The normalized spacial score (nSPS) is 14.3. The molecule has 2 aromatic rings. The van der Waals surface area contributed by atoms with Gasteiger partial charge in [-0.2, -0.15) is 4.98 Å². The van der Waals surface area contributed by atoms with E-state index in [0.29, 0.717) is 30.5 Å². The number of hydrogen-bond acceptors (Lipinski definition) is 7. The summed E-state index contributed by atoms with van der Waals surface area (Å²) in [5, 5.41) is 3.16. The summed E-state index contributed by atoms with van der Waals surface area (Å²) in [4.78, 5) is 29.7. The fourth-order valence-corrected chi connectivity index (χ4v) is 2.93. The second-order valence-electron chi connectivity index (χ2n) is 6.09. The molecule has 1 amide bonds. The van der Waals surface area contributed by atoms with Crippen LogP contribution in [0.2, 0.25) is 0 Å². The van der Waals surface area contributed by atoms with E-state index in [4.69, 9.17) is 4.74 Å². The average Bonchev–Trinajstić information content (AvgIpc) is 2.67. The van der Waals surface area contributed by atoms with Crippen molar-refractivity contribution >= 4 is 17.7 Å². The molecule has 1 fully saturated rings. The summed E-state index contributed by atoms with van der Waals surface area (Å²) >= 11 is 0. The lowest BCUT2D eigenvalue weighted by atomic mass is 10.2. The Morgan fingerprint density at radius 1 is 1.23 bits per heavy atom. The Morgan fingerprint density at radius 3 is 2.69 bits per heavy atom. The molecule has 0 atom stereocenters. The van der Waals surface area contributed by atoms with Gasteiger partial charge >= 0.3 is 0 Å². The standard InChI is InChI=1S/C18H24N6O2/c1-4-19-18-21-13(2)11-15(22-18)23-7-9-24(10-8-23)17(25)14-5-6-20-16(12-14)26-3/h5-6,11-12H,4,7-10H2,1-3H3,(H,19,21,22). The Balaban J connectivity index is 1.66. The maximum absolute atomic E-state index is 12.7. The van der Waals surface area contributed by atoms with Gasteiger partial charge in [0, 0.05) is 62.3 Å². The number of anilines is 2. The monoisotopic (exact) mass is 356 g/mol. The second kappa shape index (κ2) is 7.99. The average molecular weight is 356 g/mol. The number of pyridine rings is 1. The zero-order valence-corrected chi connectivity index (χ0v) is 15.4. The summed E-state index contributed by atoms with van der Waals surface area (Å²) in [6, 6.07) is 5.37. The third-order valence-electron chi connectivity index (χ3n) is 4.26. The second-order valence-corrected chi connectivity index (χ2v) is 6.09. The first-order valence-electron chi connectivity index (χ1n) is 8.74. The number of nitrogens with one attached hydrogen (secondary N) is 1. The van der Waals surface area contributed by atoms with Gasteiger partial charge in [-0.3, -0.25) is 4.79 Å². The van der Waals surface area contributed by atoms with E-state index in [-0.39, 0.29) is 5.91 Å². The number of piperazine rings is 1. The van der Waals surface area contributed by atoms with Crippen LogP contribution in [0.25, 0.3) is 0 Å². The molecular weight excluding hydrogens is 332 g/mol. The topological polar surface area (TPSA) is 83.5 Å². The Labute approximate surface area is 153 Å². The van der Waals surface area contributed by atoms with Crippen LogP contribution in [-0.2, 0) is 0 Å². The highest BCUT2D eigenvalue weighted by Gasteiger charge is 2.23. The molecule has 3 rings (SSSR count). The Morgan fingerprint density at radius 2 is 2.00 bits per heavy atom. The van der Waals surface area contributed by atoms with E-state index in [1.165, 1.54) is 0 Å². The summed E-state index contributed by atoms with van der Waals surface area (Å²) in [6.45, 7) is 7.51. The van der Waals surface area contributed by atoms with Crippen molar-refractivity contribution in [1.82, 2.24) is 19.9 Å². The number of rotatable bonds is 5. The molecule has 8 nitrogen and oxygen atoms in total. The first-order valence-corrected chi connectivity index (χ1v) is 8.74. The predicted octanol–water partition coefficient (Wildman–Crippen LogP) is 1.58. The first kappa shape index (κ1) is 17.9. The molecule has 1 saturated heterocycles. The molecule has 1 N–H and O–H groups in total. The molecule has 2 aromatic heterocycles. The maximum atomic E-state index is 12.7. The molecule has 0 bridgehead atoms. The fourth-order valence-electron chi connectivity index (χ4n) is 2.93. The van der Waals surface area contributed by atoms with Crippen LogP contribution in [0, 0.1) is 6.92 Å². The molecule has 0 radical (unpaired) electrons. The lowest BCUT2D eigenvalue weighted by Gasteiger charge is -2.35. The summed E-state index contributed by atoms with van der Waals surface area (Å²) in [7, 11) is 1.54. The van der Waals surface area contributed by atoms with Crippen LogP contribution in [0.3, 0.4) is 0 Å². The van der Waals surface area contributed by atoms with Crippen LogP contribution in [0.1, 0.15) is 23.0 Å². The number of nitrogens with zero attached hydrogens (tertiary/aromatic N) is 5. The number of carbonyl (C=O) groups excluding carboxylic acids is 1. The molecule has 3 heterocycles. The van der Waals surface area contributed by atoms with Gasteiger partial charge in [-0.1, -0.05) is 0 Å². The minimum atomic E-state index is -0.00226. The van der Waals surface area contributed by atoms with Gasteiger partial charge in [0.05, 0.1) is 7.11 Å². The van der Waals surface area contributed by atoms with E-state index in [1.807, 2.05) is 24.8 Å². The Kier molecular flexibility index (Phi) is 5.50. The van der Waals surface area contributed by atoms with E-state index in [2.05, 4.69) is 25.2 Å². The molecule has 26 heavy (non-hydrogen) atoms.